The standard InChI is InChI=1S/C14H22BrNOS/c1-4-13(11-18-3)16(2)9-10-17-14-7-5-12(15)6-8-14/h5-8,13H,4,9-11H2,1-3H3. The lowest BCUT2D eigenvalue weighted by atomic mass is 10.2. The Bertz CT molecular complexity index is 331. The summed E-state index contributed by atoms with van der Waals surface area (Å²) in [6.07, 6.45) is 3.35. The maximum Gasteiger partial charge on any atom is 0.119 e. The molecule has 0 radical (unpaired) electrons. The van der Waals surface area contributed by atoms with E-state index in [1.165, 1.54) is 12.2 Å². The van der Waals surface area contributed by atoms with E-state index >= 15 is 0 Å². The quantitative estimate of drug-likeness (QED) is 0.716. The molecule has 0 saturated carbocycles. The van der Waals surface area contributed by atoms with Crippen LogP contribution in [-0.4, -0.2) is 43.1 Å². The van der Waals surface area contributed by atoms with Gasteiger partial charge in [-0.25, -0.2) is 0 Å². The Morgan fingerprint density at radius 3 is 2.56 bits per heavy atom. The lowest BCUT2D eigenvalue weighted by Gasteiger charge is -2.26. The normalized spacial score (nSPS) is 12.7. The first-order valence-electron chi connectivity index (χ1n) is 6.25. The summed E-state index contributed by atoms with van der Waals surface area (Å²) in [6.45, 7) is 3.95. The molecular weight excluding hydrogens is 310 g/mol. The molecule has 102 valence electrons. The SMILES string of the molecule is CCC(CSC)N(C)CCOc1ccc(Br)cc1. The summed E-state index contributed by atoms with van der Waals surface area (Å²) < 4.78 is 6.82. The highest BCUT2D eigenvalue weighted by molar-refractivity contribution is 9.10. The van der Waals surface area contributed by atoms with Crippen molar-refractivity contribution >= 4 is 27.7 Å². The molecule has 2 nitrogen and oxygen atoms in total. The zero-order valence-corrected chi connectivity index (χ0v) is 13.8. The van der Waals surface area contributed by atoms with Crippen molar-refractivity contribution in [3.05, 3.63) is 28.7 Å². The molecule has 0 aliphatic rings. The van der Waals surface area contributed by atoms with E-state index in [1.54, 1.807) is 0 Å². The first-order valence-corrected chi connectivity index (χ1v) is 8.43. The van der Waals surface area contributed by atoms with Crippen LogP contribution in [0, 0.1) is 0 Å². The molecule has 1 aromatic rings. The van der Waals surface area contributed by atoms with Gasteiger partial charge in [0.25, 0.3) is 0 Å². The van der Waals surface area contributed by atoms with E-state index in [1.807, 2.05) is 36.0 Å². The molecule has 0 fully saturated rings. The van der Waals surface area contributed by atoms with Crippen LogP contribution in [0.15, 0.2) is 28.7 Å². The summed E-state index contributed by atoms with van der Waals surface area (Å²) in [5.41, 5.74) is 0. The summed E-state index contributed by atoms with van der Waals surface area (Å²) in [5, 5.41) is 0. The Kier molecular flexibility index (Phi) is 7.79. The Labute approximate surface area is 123 Å². The van der Waals surface area contributed by atoms with Crippen molar-refractivity contribution in [2.24, 2.45) is 0 Å². The number of thioether (sulfide) groups is 1. The molecule has 1 aromatic carbocycles. The fourth-order valence-electron chi connectivity index (χ4n) is 1.77. The molecule has 0 aliphatic heterocycles. The van der Waals surface area contributed by atoms with E-state index in [4.69, 9.17) is 4.74 Å². The van der Waals surface area contributed by atoms with Gasteiger partial charge in [0.1, 0.15) is 12.4 Å². The van der Waals surface area contributed by atoms with Crippen molar-refractivity contribution in [2.75, 3.05) is 32.2 Å². The summed E-state index contributed by atoms with van der Waals surface area (Å²) in [6, 6.07) is 8.63. The van der Waals surface area contributed by atoms with Crippen LogP contribution >= 0.6 is 27.7 Å². The average molecular weight is 332 g/mol. The first kappa shape index (κ1) is 15.9. The van der Waals surface area contributed by atoms with Gasteiger partial charge in [-0.2, -0.15) is 11.8 Å². The van der Waals surface area contributed by atoms with Crippen LogP contribution in [0.5, 0.6) is 5.75 Å². The summed E-state index contributed by atoms with van der Waals surface area (Å²) in [5.74, 6) is 2.12. The molecule has 0 aliphatic carbocycles. The number of hydrogen-bond acceptors (Lipinski definition) is 3. The van der Waals surface area contributed by atoms with Crippen molar-refractivity contribution in [3.8, 4) is 5.75 Å². The zero-order chi connectivity index (χ0) is 13.4. The van der Waals surface area contributed by atoms with E-state index in [2.05, 4.69) is 41.1 Å². The van der Waals surface area contributed by atoms with Crippen molar-refractivity contribution in [3.63, 3.8) is 0 Å². The minimum Gasteiger partial charge on any atom is -0.492 e. The highest BCUT2D eigenvalue weighted by Crippen LogP contribution is 2.16. The largest absolute Gasteiger partial charge is 0.492 e. The van der Waals surface area contributed by atoms with Gasteiger partial charge in [0, 0.05) is 22.8 Å². The van der Waals surface area contributed by atoms with Crippen molar-refractivity contribution in [2.45, 2.75) is 19.4 Å². The summed E-state index contributed by atoms with van der Waals surface area (Å²) in [7, 11) is 2.18. The third-order valence-electron chi connectivity index (χ3n) is 2.98. The lowest BCUT2D eigenvalue weighted by molar-refractivity contribution is 0.199. The molecule has 1 atom stereocenters. The second kappa shape index (κ2) is 8.83. The fourth-order valence-corrected chi connectivity index (χ4v) is 2.91. The number of benzene rings is 1. The molecule has 4 heteroatoms. The third-order valence-corrected chi connectivity index (χ3v) is 4.23. The van der Waals surface area contributed by atoms with Gasteiger partial charge in [0.15, 0.2) is 0 Å². The predicted molar refractivity (Wildman–Crippen MR) is 84.7 cm³/mol. The highest BCUT2D eigenvalue weighted by atomic mass is 79.9. The van der Waals surface area contributed by atoms with Gasteiger partial charge < -0.3 is 4.74 Å². The Hall–Kier alpha value is -0.190. The van der Waals surface area contributed by atoms with Gasteiger partial charge in [-0.3, -0.25) is 4.90 Å². The molecule has 0 N–H and O–H groups in total. The van der Waals surface area contributed by atoms with E-state index in [9.17, 15) is 0 Å². The van der Waals surface area contributed by atoms with E-state index < -0.39 is 0 Å². The second-order valence-electron chi connectivity index (χ2n) is 4.30. The van der Waals surface area contributed by atoms with Crippen molar-refractivity contribution in [1.82, 2.24) is 4.90 Å². The Balaban J connectivity index is 2.30. The third kappa shape index (κ3) is 5.63. The molecule has 1 unspecified atom stereocenters. The minimum absolute atomic E-state index is 0.647. The van der Waals surface area contributed by atoms with Crippen LogP contribution in [0.1, 0.15) is 13.3 Å². The molecule has 0 heterocycles. The van der Waals surface area contributed by atoms with Crippen molar-refractivity contribution < 1.29 is 4.74 Å². The molecule has 0 bridgehead atoms. The van der Waals surface area contributed by atoms with Crippen LogP contribution in [-0.2, 0) is 0 Å². The van der Waals surface area contributed by atoms with E-state index in [-0.39, 0.29) is 0 Å². The minimum atomic E-state index is 0.647. The van der Waals surface area contributed by atoms with Crippen LogP contribution in [0.25, 0.3) is 0 Å². The highest BCUT2D eigenvalue weighted by Gasteiger charge is 2.11. The zero-order valence-electron chi connectivity index (χ0n) is 11.4. The van der Waals surface area contributed by atoms with Gasteiger partial charge in [-0.05, 0) is 44.0 Å². The van der Waals surface area contributed by atoms with Crippen molar-refractivity contribution in [1.29, 1.82) is 0 Å². The van der Waals surface area contributed by atoms with Gasteiger partial charge >= 0.3 is 0 Å². The van der Waals surface area contributed by atoms with E-state index in [0.717, 1.165) is 23.4 Å². The lowest BCUT2D eigenvalue weighted by Crippen LogP contribution is -2.36. The average Bonchev–Trinajstić information content (AvgIpc) is 2.38. The number of likely N-dealkylation sites (N-methyl/N-ethyl adjacent to an activating group) is 1. The van der Waals surface area contributed by atoms with Crippen LogP contribution in [0.3, 0.4) is 0 Å². The fraction of sp³-hybridized carbons (Fsp3) is 0.571. The number of halogens is 1. The number of nitrogens with zero attached hydrogens (tertiary/aromatic N) is 1. The first-order chi connectivity index (χ1) is 8.67. The smallest absolute Gasteiger partial charge is 0.119 e. The van der Waals surface area contributed by atoms with Crippen LogP contribution < -0.4 is 4.74 Å². The topological polar surface area (TPSA) is 12.5 Å². The second-order valence-corrected chi connectivity index (χ2v) is 6.13. The monoisotopic (exact) mass is 331 g/mol. The number of ether oxygens (including phenoxy) is 1. The summed E-state index contributed by atoms with van der Waals surface area (Å²) in [4.78, 5) is 2.38. The molecule has 0 spiro atoms. The Morgan fingerprint density at radius 2 is 2.00 bits per heavy atom. The predicted octanol–water partition coefficient (Wildman–Crippen LogP) is 3.90. The summed E-state index contributed by atoms with van der Waals surface area (Å²) >= 11 is 5.32. The van der Waals surface area contributed by atoms with Gasteiger partial charge in [-0.1, -0.05) is 22.9 Å². The van der Waals surface area contributed by atoms with Crippen LogP contribution in [0.4, 0.5) is 0 Å². The van der Waals surface area contributed by atoms with Gasteiger partial charge in [-0.15, -0.1) is 0 Å². The molecule has 0 aromatic heterocycles. The molecule has 0 amide bonds. The number of hydrogen-bond donors (Lipinski definition) is 0. The molecule has 1 rings (SSSR count). The van der Waals surface area contributed by atoms with Gasteiger partial charge in [0.2, 0.25) is 0 Å². The van der Waals surface area contributed by atoms with E-state index in [0.29, 0.717) is 6.04 Å². The molecule has 18 heavy (non-hydrogen) atoms. The molecule has 0 saturated heterocycles. The Morgan fingerprint density at radius 1 is 1.33 bits per heavy atom. The molecular formula is C14H22BrNOS. The van der Waals surface area contributed by atoms with Gasteiger partial charge in [0.05, 0.1) is 0 Å². The van der Waals surface area contributed by atoms with Crippen LogP contribution in [0.2, 0.25) is 0 Å². The maximum atomic E-state index is 5.74. The maximum absolute atomic E-state index is 5.74. The number of rotatable bonds is 8.